The highest BCUT2D eigenvalue weighted by molar-refractivity contribution is 8.11. The zero-order valence-corrected chi connectivity index (χ0v) is 9.64. The van der Waals surface area contributed by atoms with Gasteiger partial charge in [0, 0.05) is 5.75 Å². The van der Waals surface area contributed by atoms with Crippen LogP contribution in [0.1, 0.15) is 6.92 Å². The van der Waals surface area contributed by atoms with Gasteiger partial charge in [-0.25, -0.2) is 4.21 Å². The molecule has 3 nitrogen and oxygen atoms in total. The molecule has 0 aliphatic heterocycles. The van der Waals surface area contributed by atoms with Crippen molar-refractivity contribution < 1.29 is 52.8 Å². The zero-order chi connectivity index (χ0) is 16.2. The van der Waals surface area contributed by atoms with Gasteiger partial charge in [-0.2, -0.15) is 39.5 Å². The molecule has 0 saturated heterocycles. The van der Waals surface area contributed by atoms with E-state index >= 15 is 0 Å². The van der Waals surface area contributed by atoms with Crippen molar-refractivity contribution in [2.75, 3.05) is 5.75 Å². The summed E-state index contributed by atoms with van der Waals surface area (Å²) in [6, 6.07) is 0. The second kappa shape index (κ2) is 3.97. The number of halogens is 9. The van der Waals surface area contributed by atoms with Gasteiger partial charge < -0.3 is 9.11 Å². The van der Waals surface area contributed by atoms with Crippen molar-refractivity contribution in [2.45, 2.75) is 30.2 Å². The zero-order valence-electron chi connectivity index (χ0n) is 8.82. The molecule has 0 spiro atoms. The quantitative estimate of drug-likeness (QED) is 0.765. The molecule has 0 heterocycles. The van der Waals surface area contributed by atoms with Gasteiger partial charge in [-0.05, 0) is 0 Å². The fraction of sp³-hybridized carbons (Fsp3) is 1.00. The second-order valence-electron chi connectivity index (χ2n) is 3.48. The van der Waals surface area contributed by atoms with Gasteiger partial charge in [0.1, 0.15) is 9.63 Å². The first-order valence-corrected chi connectivity index (χ1v) is 6.23. The SMILES string of the molecule is CCS(=O)(O)(O)C(C(F)(F)F)(C(F)(F)F)C(F)(F)F. The molecule has 0 atom stereocenters. The predicted octanol–water partition coefficient (Wildman–Crippen LogP) is 3.20. The smallest absolute Gasteiger partial charge is 0.306 e. The summed E-state index contributed by atoms with van der Waals surface area (Å²) < 4.78 is 132. The number of hydrogen-bond acceptors (Lipinski definition) is 1. The van der Waals surface area contributed by atoms with E-state index in [2.05, 4.69) is 0 Å². The Morgan fingerprint density at radius 2 is 1.00 bits per heavy atom. The first-order valence-electron chi connectivity index (χ1n) is 4.18. The summed E-state index contributed by atoms with van der Waals surface area (Å²) >= 11 is 0. The molecule has 19 heavy (non-hydrogen) atoms. The van der Waals surface area contributed by atoms with Gasteiger partial charge in [0.05, 0.1) is 0 Å². The number of rotatable bonds is 2. The van der Waals surface area contributed by atoms with Gasteiger partial charge >= 0.3 is 23.3 Å². The van der Waals surface area contributed by atoms with Gasteiger partial charge in [-0.1, -0.05) is 6.92 Å². The lowest BCUT2D eigenvalue weighted by molar-refractivity contribution is -0.352. The molecule has 0 aliphatic rings. The van der Waals surface area contributed by atoms with Crippen LogP contribution >= 0.6 is 0 Å². The van der Waals surface area contributed by atoms with Crippen LogP contribution in [-0.2, 0) is 9.63 Å². The summed E-state index contributed by atoms with van der Waals surface area (Å²) in [4.78, 5) is 0. The van der Waals surface area contributed by atoms with E-state index in [1.54, 1.807) is 0 Å². The van der Waals surface area contributed by atoms with Crippen LogP contribution in [0.2, 0.25) is 0 Å². The average molecular weight is 330 g/mol. The lowest BCUT2D eigenvalue weighted by atomic mass is 10.1. The van der Waals surface area contributed by atoms with Crippen molar-refractivity contribution in [3.63, 3.8) is 0 Å². The summed E-state index contributed by atoms with van der Waals surface area (Å²) in [5.74, 6) is -2.31. The molecule has 0 saturated carbocycles. The molecule has 0 aromatic heterocycles. The Balaban J connectivity index is 6.95. The second-order valence-corrected chi connectivity index (χ2v) is 6.70. The first-order chi connectivity index (χ1) is 7.84. The lowest BCUT2D eigenvalue weighted by Gasteiger charge is -2.49. The molecule has 0 aromatic rings. The van der Waals surface area contributed by atoms with E-state index in [-0.39, 0.29) is 6.92 Å². The third-order valence-electron chi connectivity index (χ3n) is 2.33. The lowest BCUT2D eigenvalue weighted by Crippen LogP contribution is -2.78. The Labute approximate surface area is 99.4 Å². The Morgan fingerprint density at radius 3 is 1.05 bits per heavy atom. The van der Waals surface area contributed by atoms with E-state index < -0.39 is 38.7 Å². The molecule has 0 rings (SSSR count). The molecule has 0 amide bonds. The molecule has 0 radical (unpaired) electrons. The van der Waals surface area contributed by atoms with Crippen molar-refractivity contribution >= 4 is 9.63 Å². The average Bonchev–Trinajstić information content (AvgIpc) is 1.93. The summed E-state index contributed by atoms with van der Waals surface area (Å²) in [7, 11) is -8.19. The highest BCUT2D eigenvalue weighted by Crippen LogP contribution is 2.62. The third-order valence-corrected chi connectivity index (χ3v) is 5.30. The van der Waals surface area contributed by atoms with Crippen molar-refractivity contribution in [3.8, 4) is 0 Å². The van der Waals surface area contributed by atoms with E-state index in [1.807, 2.05) is 0 Å². The van der Waals surface area contributed by atoms with Crippen LogP contribution in [-0.4, -0.2) is 42.3 Å². The van der Waals surface area contributed by atoms with Crippen LogP contribution in [0.25, 0.3) is 0 Å². The highest BCUT2D eigenvalue weighted by atomic mass is 32.3. The summed E-state index contributed by atoms with van der Waals surface area (Å²) in [5, 5.41) is 0. The maximum atomic E-state index is 12.4. The molecule has 118 valence electrons. The minimum absolute atomic E-state index is 0.0901. The molecule has 0 aliphatic carbocycles. The molecule has 2 N–H and O–H groups in total. The topological polar surface area (TPSA) is 57.5 Å². The Hall–Kier alpha value is -0.560. The van der Waals surface area contributed by atoms with E-state index in [9.17, 15) is 43.7 Å². The van der Waals surface area contributed by atoms with Gasteiger partial charge in [0.2, 0.25) is 0 Å². The first kappa shape index (κ1) is 18.4. The Bertz CT molecular complexity index is 375. The fourth-order valence-corrected chi connectivity index (χ4v) is 3.22. The molecule has 0 fully saturated rings. The van der Waals surface area contributed by atoms with E-state index in [1.165, 1.54) is 0 Å². The van der Waals surface area contributed by atoms with Crippen LogP contribution in [0.4, 0.5) is 39.5 Å². The third kappa shape index (κ3) is 2.31. The monoisotopic (exact) mass is 330 g/mol. The van der Waals surface area contributed by atoms with E-state index in [0.717, 1.165) is 0 Å². The largest absolute Gasteiger partial charge is 0.426 e. The van der Waals surface area contributed by atoms with Gasteiger partial charge in [0.15, 0.2) is 0 Å². The number of hydrogen-bond donors (Lipinski definition) is 2. The van der Waals surface area contributed by atoms with Crippen LogP contribution in [0.15, 0.2) is 0 Å². The maximum absolute atomic E-state index is 12.4. The summed E-state index contributed by atoms with van der Waals surface area (Å²) in [5.41, 5.74) is 0. The van der Waals surface area contributed by atoms with Crippen LogP contribution in [0.3, 0.4) is 0 Å². The van der Waals surface area contributed by atoms with Crippen molar-refractivity contribution in [1.82, 2.24) is 0 Å². The van der Waals surface area contributed by atoms with Crippen LogP contribution < -0.4 is 0 Å². The molecular formula is C6H7F9O3S. The number of alkyl halides is 9. The van der Waals surface area contributed by atoms with Gasteiger partial charge in [-0.15, -0.1) is 0 Å². The van der Waals surface area contributed by atoms with Crippen LogP contribution in [0, 0.1) is 0 Å². The Morgan fingerprint density at radius 1 is 0.789 bits per heavy atom. The standard InChI is InChI=1S/C6H7F9O3S/c1-2-19(16,17,18)3(4(7,8)9,5(10,11)12)6(13,14)15/h2H2,1H3,(H2,16,17,18). The fourth-order valence-electron chi connectivity index (χ4n) is 1.40. The van der Waals surface area contributed by atoms with Crippen LogP contribution in [0.5, 0.6) is 0 Å². The molecule has 13 heteroatoms. The van der Waals surface area contributed by atoms with Crippen molar-refractivity contribution in [3.05, 3.63) is 0 Å². The van der Waals surface area contributed by atoms with E-state index in [0.29, 0.717) is 0 Å². The molecular weight excluding hydrogens is 323 g/mol. The molecule has 0 aromatic carbocycles. The molecule has 0 unspecified atom stereocenters. The van der Waals surface area contributed by atoms with Gasteiger partial charge in [-0.3, -0.25) is 0 Å². The predicted molar refractivity (Wildman–Crippen MR) is 44.8 cm³/mol. The Kier molecular flexibility index (Phi) is 3.86. The summed E-state index contributed by atoms with van der Waals surface area (Å²) in [6.45, 7) is 0.0901. The summed E-state index contributed by atoms with van der Waals surface area (Å²) in [6.07, 6.45) is -21.9. The van der Waals surface area contributed by atoms with Crippen molar-refractivity contribution in [1.29, 1.82) is 0 Å². The normalized spacial score (nSPS) is 18.0. The highest BCUT2D eigenvalue weighted by Gasteiger charge is 2.93. The van der Waals surface area contributed by atoms with Crippen molar-refractivity contribution in [2.24, 2.45) is 0 Å². The maximum Gasteiger partial charge on any atom is 0.426 e. The van der Waals surface area contributed by atoms with Gasteiger partial charge in [0.25, 0.3) is 0 Å². The minimum Gasteiger partial charge on any atom is -0.306 e. The minimum atomic E-state index is -8.19. The molecule has 0 bridgehead atoms. The van der Waals surface area contributed by atoms with E-state index in [4.69, 9.17) is 9.11 Å².